The molecule has 9 heteroatoms. The van der Waals surface area contributed by atoms with Crippen molar-refractivity contribution in [2.75, 3.05) is 11.6 Å². The van der Waals surface area contributed by atoms with Crippen molar-refractivity contribution in [3.8, 4) is 0 Å². The number of nitro benzene ring substituents is 1. The van der Waals surface area contributed by atoms with Gasteiger partial charge in [0, 0.05) is 17.3 Å². The van der Waals surface area contributed by atoms with Crippen molar-refractivity contribution >= 4 is 34.2 Å². The molecule has 8 nitrogen and oxygen atoms in total. The summed E-state index contributed by atoms with van der Waals surface area (Å²) in [6.45, 7) is 0. The first-order valence-corrected chi connectivity index (χ1v) is 9.13. The van der Waals surface area contributed by atoms with Crippen LogP contribution in [0.4, 0.5) is 11.4 Å². The Labute approximate surface area is 153 Å². The van der Waals surface area contributed by atoms with Crippen LogP contribution in [0.25, 0.3) is 0 Å². The van der Waals surface area contributed by atoms with E-state index >= 15 is 0 Å². The van der Waals surface area contributed by atoms with Crippen molar-refractivity contribution in [1.82, 2.24) is 10.3 Å². The third-order valence-electron chi connectivity index (χ3n) is 4.38. The normalized spacial score (nSPS) is 21.0. The van der Waals surface area contributed by atoms with E-state index < -0.39 is 17.1 Å². The molecular weight excluding hydrogens is 354 g/mol. The third kappa shape index (κ3) is 2.57. The summed E-state index contributed by atoms with van der Waals surface area (Å²) in [6, 6.07) is 13.3. The van der Waals surface area contributed by atoms with Gasteiger partial charge in [-0.25, -0.2) is 0 Å². The summed E-state index contributed by atoms with van der Waals surface area (Å²) in [5.74, 6) is -0.207. The van der Waals surface area contributed by atoms with Crippen LogP contribution in [0.3, 0.4) is 0 Å². The lowest BCUT2D eigenvalue weighted by atomic mass is 9.97. The smallest absolute Gasteiger partial charge is 0.276 e. The van der Waals surface area contributed by atoms with E-state index in [0.717, 1.165) is 11.3 Å². The summed E-state index contributed by atoms with van der Waals surface area (Å²) < 4.78 is 0. The summed E-state index contributed by atoms with van der Waals surface area (Å²) in [5, 5.41) is 24.2. The number of para-hydroxylation sites is 2. The zero-order valence-electron chi connectivity index (χ0n) is 13.7. The van der Waals surface area contributed by atoms with E-state index in [2.05, 4.69) is 15.7 Å². The van der Waals surface area contributed by atoms with Crippen LogP contribution in [0, 0.1) is 10.1 Å². The molecule has 0 aliphatic carbocycles. The molecule has 2 aromatic carbocycles. The molecule has 26 heavy (non-hydrogen) atoms. The highest BCUT2D eigenvalue weighted by molar-refractivity contribution is 8.13. The van der Waals surface area contributed by atoms with Crippen LogP contribution in [-0.4, -0.2) is 27.3 Å². The predicted octanol–water partition coefficient (Wildman–Crippen LogP) is 2.83. The number of hydrogen-bond donors (Lipinski definition) is 2. The highest BCUT2D eigenvalue weighted by atomic mass is 32.2. The van der Waals surface area contributed by atoms with E-state index in [1.807, 2.05) is 30.5 Å². The molecule has 2 heterocycles. The number of rotatable bonds is 2. The Bertz CT molecular complexity index is 932. The van der Waals surface area contributed by atoms with Gasteiger partial charge in [0.15, 0.2) is 11.2 Å². The Hall–Kier alpha value is -3.07. The van der Waals surface area contributed by atoms with E-state index in [0.29, 0.717) is 10.7 Å². The lowest BCUT2D eigenvalue weighted by Crippen LogP contribution is -2.50. The van der Waals surface area contributed by atoms with Gasteiger partial charge in [0.2, 0.25) is 0 Å². The molecule has 2 atom stereocenters. The third-order valence-corrected chi connectivity index (χ3v) is 4.95. The Morgan fingerprint density at radius 1 is 1.15 bits per heavy atom. The maximum Gasteiger partial charge on any atom is 0.276 e. The van der Waals surface area contributed by atoms with Gasteiger partial charge in [-0.05, 0) is 18.4 Å². The molecule has 2 aliphatic rings. The molecule has 0 aromatic heterocycles. The van der Waals surface area contributed by atoms with Crippen molar-refractivity contribution in [2.24, 2.45) is 5.10 Å². The standard InChI is InChI=1S/C17H15N5O3S/c1-26-17-19-16(23)14-10-6-2-4-8-12(10)18-15(21(14)20-17)11-7-3-5-9-13(11)22(24)25/h2-9,14-15,18H,1H3,(H,19,20,23)/t14-,15+/m0/s1. The highest BCUT2D eigenvalue weighted by Crippen LogP contribution is 2.44. The van der Waals surface area contributed by atoms with Gasteiger partial charge >= 0.3 is 0 Å². The van der Waals surface area contributed by atoms with Crippen molar-refractivity contribution < 1.29 is 9.72 Å². The fourth-order valence-corrected chi connectivity index (χ4v) is 3.63. The number of nitrogens with zero attached hydrogens (tertiary/aromatic N) is 3. The minimum absolute atomic E-state index is 0.0185. The summed E-state index contributed by atoms with van der Waals surface area (Å²) in [4.78, 5) is 23.8. The van der Waals surface area contributed by atoms with Gasteiger partial charge in [0.1, 0.15) is 6.17 Å². The second-order valence-corrected chi connectivity index (χ2v) is 6.63. The monoisotopic (exact) mass is 369 g/mol. The molecule has 2 aromatic rings. The topological polar surface area (TPSA) is 99.9 Å². The molecular formula is C17H15N5O3S. The summed E-state index contributed by atoms with van der Waals surface area (Å²) >= 11 is 1.31. The van der Waals surface area contributed by atoms with Gasteiger partial charge in [0.05, 0.1) is 10.5 Å². The van der Waals surface area contributed by atoms with Crippen LogP contribution in [0.1, 0.15) is 23.3 Å². The quantitative estimate of drug-likeness (QED) is 0.624. The lowest BCUT2D eigenvalue weighted by molar-refractivity contribution is -0.386. The van der Waals surface area contributed by atoms with Gasteiger partial charge in [-0.1, -0.05) is 42.1 Å². The first kappa shape index (κ1) is 16.4. The van der Waals surface area contributed by atoms with Gasteiger partial charge in [-0.15, -0.1) is 5.10 Å². The van der Waals surface area contributed by atoms with Crippen LogP contribution in [-0.2, 0) is 4.79 Å². The second kappa shape index (κ2) is 6.34. The van der Waals surface area contributed by atoms with Gasteiger partial charge in [0.25, 0.3) is 11.6 Å². The number of anilines is 1. The van der Waals surface area contributed by atoms with Crippen molar-refractivity contribution in [2.45, 2.75) is 12.2 Å². The Morgan fingerprint density at radius 2 is 1.85 bits per heavy atom. The average Bonchev–Trinajstić information content (AvgIpc) is 2.66. The number of hydrogen-bond acceptors (Lipinski definition) is 7. The minimum atomic E-state index is -0.659. The largest absolute Gasteiger partial charge is 0.360 e. The number of nitrogens with one attached hydrogen (secondary N) is 2. The van der Waals surface area contributed by atoms with Crippen molar-refractivity contribution in [3.63, 3.8) is 0 Å². The van der Waals surface area contributed by atoms with E-state index in [1.54, 1.807) is 23.2 Å². The van der Waals surface area contributed by atoms with Crippen LogP contribution >= 0.6 is 11.8 Å². The van der Waals surface area contributed by atoms with Gasteiger partial charge in [-0.3, -0.25) is 19.9 Å². The molecule has 0 bridgehead atoms. The SMILES string of the molecule is CSC1=NN2[C@H](C(=O)N1)c1ccccc1N[C@H]2c1ccccc1[N+](=O)[O-]. The summed E-state index contributed by atoms with van der Waals surface area (Å²) in [5.41, 5.74) is 1.98. The number of carbonyl (C=O) groups excluding carboxylic acids is 1. The molecule has 0 spiro atoms. The Kier molecular flexibility index (Phi) is 4.00. The molecule has 0 saturated heterocycles. The maximum atomic E-state index is 12.7. The van der Waals surface area contributed by atoms with Crippen molar-refractivity contribution in [1.29, 1.82) is 0 Å². The average molecular weight is 369 g/mol. The Morgan fingerprint density at radius 3 is 2.58 bits per heavy atom. The molecule has 0 fully saturated rings. The minimum Gasteiger partial charge on any atom is -0.360 e. The van der Waals surface area contributed by atoms with Crippen LogP contribution in [0.15, 0.2) is 53.6 Å². The zero-order valence-corrected chi connectivity index (χ0v) is 14.6. The number of benzene rings is 2. The number of amidine groups is 1. The lowest BCUT2D eigenvalue weighted by Gasteiger charge is -2.43. The number of carbonyl (C=O) groups is 1. The van der Waals surface area contributed by atoms with Crippen LogP contribution < -0.4 is 10.6 Å². The maximum absolute atomic E-state index is 12.7. The van der Waals surface area contributed by atoms with E-state index in [-0.39, 0.29) is 11.6 Å². The number of fused-ring (bicyclic) bond motifs is 3. The van der Waals surface area contributed by atoms with Crippen LogP contribution in [0.2, 0.25) is 0 Å². The molecule has 2 aliphatic heterocycles. The highest BCUT2D eigenvalue weighted by Gasteiger charge is 2.43. The molecule has 2 N–H and O–H groups in total. The fourth-order valence-electron chi connectivity index (χ4n) is 3.25. The van der Waals surface area contributed by atoms with E-state index in [4.69, 9.17) is 0 Å². The molecule has 1 amide bonds. The number of hydrazone groups is 1. The van der Waals surface area contributed by atoms with Crippen molar-refractivity contribution in [3.05, 3.63) is 69.8 Å². The summed E-state index contributed by atoms with van der Waals surface area (Å²) in [6.07, 6.45) is 1.18. The Balaban J connectivity index is 1.90. The number of thioether (sulfide) groups is 1. The molecule has 0 saturated carbocycles. The second-order valence-electron chi connectivity index (χ2n) is 5.83. The number of amides is 1. The molecule has 132 valence electrons. The van der Waals surface area contributed by atoms with Crippen LogP contribution in [0.5, 0.6) is 0 Å². The fraction of sp³-hybridized carbons (Fsp3) is 0.176. The molecule has 4 rings (SSSR count). The van der Waals surface area contributed by atoms with Gasteiger partial charge < -0.3 is 10.6 Å². The van der Waals surface area contributed by atoms with E-state index in [9.17, 15) is 14.9 Å². The molecule has 0 unspecified atom stereocenters. The summed E-state index contributed by atoms with van der Waals surface area (Å²) in [7, 11) is 0. The van der Waals surface area contributed by atoms with Gasteiger partial charge in [-0.2, -0.15) is 0 Å². The predicted molar refractivity (Wildman–Crippen MR) is 99.6 cm³/mol. The molecule has 0 radical (unpaired) electrons. The number of nitro groups is 1. The van der Waals surface area contributed by atoms with E-state index in [1.165, 1.54) is 17.8 Å². The first-order valence-electron chi connectivity index (χ1n) is 7.90. The first-order chi connectivity index (χ1) is 12.6. The zero-order chi connectivity index (χ0) is 18.3.